The van der Waals surface area contributed by atoms with E-state index >= 15 is 0 Å². The summed E-state index contributed by atoms with van der Waals surface area (Å²) in [6.07, 6.45) is 0.789. The van der Waals surface area contributed by atoms with Crippen molar-refractivity contribution < 1.29 is 13.2 Å². The maximum Gasteiger partial charge on any atom is 0.265 e. The van der Waals surface area contributed by atoms with Crippen LogP contribution in [0.1, 0.15) is 18.1 Å². The molecule has 0 spiro atoms. The monoisotopic (exact) mass is 379 g/mol. The number of ether oxygens (including phenoxy) is 1. The van der Waals surface area contributed by atoms with Gasteiger partial charge in [0, 0.05) is 17.2 Å². The van der Waals surface area contributed by atoms with Gasteiger partial charge < -0.3 is 4.74 Å². The van der Waals surface area contributed by atoms with Gasteiger partial charge in [0.1, 0.15) is 5.75 Å². The van der Waals surface area contributed by atoms with Crippen molar-refractivity contribution in [2.45, 2.75) is 24.8 Å². The minimum absolute atomic E-state index is 0.277. The topological polar surface area (TPSA) is 46.6 Å². The van der Waals surface area contributed by atoms with Crippen LogP contribution in [0.5, 0.6) is 5.75 Å². The second-order valence-corrected chi connectivity index (χ2v) is 8.40. The van der Waals surface area contributed by atoms with E-state index in [0.29, 0.717) is 16.3 Å². The highest BCUT2D eigenvalue weighted by atomic mass is 32.2. The third-order valence-corrected chi connectivity index (χ3v) is 6.75. The van der Waals surface area contributed by atoms with Crippen LogP contribution in [0.2, 0.25) is 0 Å². The number of hydrogen-bond donors (Lipinski definition) is 0. The summed E-state index contributed by atoms with van der Waals surface area (Å²) < 4.78 is 33.9. The molecule has 1 aliphatic heterocycles. The van der Waals surface area contributed by atoms with Crippen LogP contribution in [0.4, 0.5) is 5.69 Å². The van der Waals surface area contributed by atoms with Gasteiger partial charge in [-0.3, -0.25) is 4.31 Å². The van der Waals surface area contributed by atoms with E-state index in [2.05, 4.69) is 0 Å². The smallest absolute Gasteiger partial charge is 0.265 e. The molecular formula is C22H21NO3S. The first-order chi connectivity index (χ1) is 13.0. The van der Waals surface area contributed by atoms with E-state index < -0.39 is 10.0 Å². The average Bonchev–Trinajstić information content (AvgIpc) is 2.71. The summed E-state index contributed by atoms with van der Waals surface area (Å²) >= 11 is 0. The number of rotatable bonds is 4. The van der Waals surface area contributed by atoms with E-state index in [1.54, 1.807) is 19.2 Å². The number of sulfonamides is 1. The number of benzene rings is 3. The van der Waals surface area contributed by atoms with Gasteiger partial charge in [-0.2, -0.15) is 0 Å². The molecule has 0 fully saturated rings. The molecule has 0 amide bonds. The van der Waals surface area contributed by atoms with Crippen molar-refractivity contribution >= 4 is 15.7 Å². The molecule has 0 bridgehead atoms. The van der Waals surface area contributed by atoms with E-state index in [1.807, 2.05) is 61.5 Å². The average molecular weight is 379 g/mol. The van der Waals surface area contributed by atoms with Gasteiger partial charge in [-0.25, -0.2) is 8.42 Å². The predicted octanol–water partition coefficient (Wildman–Crippen LogP) is 4.63. The van der Waals surface area contributed by atoms with Gasteiger partial charge in [-0.1, -0.05) is 49.4 Å². The fraction of sp³-hybridized carbons (Fsp3) is 0.182. The highest BCUT2D eigenvalue weighted by Gasteiger charge is 2.35. The molecular weight excluding hydrogens is 358 g/mol. The Kier molecular flexibility index (Phi) is 4.40. The Labute approximate surface area is 160 Å². The number of hydrogen-bond acceptors (Lipinski definition) is 3. The largest absolute Gasteiger partial charge is 0.497 e. The summed E-state index contributed by atoms with van der Waals surface area (Å²) in [5.74, 6) is 0.635. The Bertz CT molecular complexity index is 1090. The standard InChI is InChI=1S/C22H21NO3S/c1-3-16-9-11-20-19-12-10-18(26-2)14-21(19)23(27(24,25)22(20)13-16)15-17-7-5-4-6-8-17/h4-14H,3,15H2,1-2H3. The van der Waals surface area contributed by atoms with Gasteiger partial charge in [0.25, 0.3) is 10.0 Å². The number of methoxy groups -OCH3 is 1. The SMILES string of the molecule is CCc1ccc2c(c1)S(=O)(=O)N(Cc1ccccc1)c1cc(OC)ccc1-2. The first-order valence-electron chi connectivity index (χ1n) is 8.92. The van der Waals surface area contributed by atoms with Crippen LogP contribution < -0.4 is 9.04 Å². The van der Waals surface area contributed by atoms with Crippen LogP contribution in [0.3, 0.4) is 0 Å². The van der Waals surface area contributed by atoms with E-state index in [4.69, 9.17) is 4.74 Å². The molecule has 5 heteroatoms. The molecule has 0 atom stereocenters. The first-order valence-corrected chi connectivity index (χ1v) is 10.4. The van der Waals surface area contributed by atoms with Crippen LogP contribution in [-0.4, -0.2) is 15.5 Å². The van der Waals surface area contributed by atoms with E-state index in [9.17, 15) is 8.42 Å². The maximum absolute atomic E-state index is 13.5. The predicted molar refractivity (Wildman–Crippen MR) is 108 cm³/mol. The summed E-state index contributed by atoms with van der Waals surface area (Å²) in [6.45, 7) is 2.30. The Morgan fingerprint density at radius 2 is 1.63 bits per heavy atom. The van der Waals surface area contributed by atoms with Gasteiger partial charge in [-0.15, -0.1) is 0 Å². The van der Waals surface area contributed by atoms with Crippen molar-refractivity contribution in [1.29, 1.82) is 0 Å². The van der Waals surface area contributed by atoms with Crippen LogP contribution in [0.25, 0.3) is 11.1 Å². The number of anilines is 1. The zero-order chi connectivity index (χ0) is 19.0. The molecule has 0 saturated heterocycles. The molecule has 27 heavy (non-hydrogen) atoms. The lowest BCUT2D eigenvalue weighted by Gasteiger charge is -2.32. The van der Waals surface area contributed by atoms with Crippen molar-refractivity contribution in [3.63, 3.8) is 0 Å². The van der Waals surface area contributed by atoms with Crippen molar-refractivity contribution in [1.82, 2.24) is 0 Å². The number of aryl methyl sites for hydroxylation is 1. The summed E-state index contributed by atoms with van der Waals surface area (Å²) in [5.41, 5.74) is 4.24. The van der Waals surface area contributed by atoms with E-state index in [0.717, 1.165) is 28.7 Å². The summed E-state index contributed by atoms with van der Waals surface area (Å²) in [7, 11) is -2.09. The summed E-state index contributed by atoms with van der Waals surface area (Å²) in [5, 5.41) is 0. The van der Waals surface area contributed by atoms with Crippen LogP contribution in [0, 0.1) is 0 Å². The second-order valence-electron chi connectivity index (χ2n) is 6.56. The van der Waals surface area contributed by atoms with Gasteiger partial charge in [0.2, 0.25) is 0 Å². The summed E-state index contributed by atoms with van der Waals surface area (Å²) in [6, 6.07) is 21.0. The van der Waals surface area contributed by atoms with Crippen LogP contribution >= 0.6 is 0 Å². The van der Waals surface area contributed by atoms with Crippen molar-refractivity contribution in [2.24, 2.45) is 0 Å². The van der Waals surface area contributed by atoms with Crippen LogP contribution in [0.15, 0.2) is 71.6 Å². The van der Waals surface area contributed by atoms with Crippen molar-refractivity contribution in [3.8, 4) is 16.9 Å². The Hall–Kier alpha value is -2.79. The molecule has 0 radical (unpaired) electrons. The highest BCUT2D eigenvalue weighted by Crippen LogP contribution is 2.45. The Morgan fingerprint density at radius 3 is 2.33 bits per heavy atom. The lowest BCUT2D eigenvalue weighted by molar-refractivity contribution is 0.415. The molecule has 1 aliphatic rings. The van der Waals surface area contributed by atoms with E-state index in [-0.39, 0.29) is 6.54 Å². The molecule has 0 N–H and O–H groups in total. The molecule has 0 saturated carbocycles. The minimum atomic E-state index is -3.67. The lowest BCUT2D eigenvalue weighted by atomic mass is 10.0. The molecule has 0 aliphatic carbocycles. The molecule has 4 nitrogen and oxygen atoms in total. The van der Waals surface area contributed by atoms with Crippen molar-refractivity contribution in [2.75, 3.05) is 11.4 Å². The molecule has 0 aromatic heterocycles. The van der Waals surface area contributed by atoms with Gasteiger partial charge >= 0.3 is 0 Å². The first kappa shape index (κ1) is 17.6. The molecule has 0 unspecified atom stereocenters. The van der Waals surface area contributed by atoms with Gasteiger partial charge in [-0.05, 0) is 35.7 Å². The van der Waals surface area contributed by atoms with E-state index in [1.165, 1.54) is 4.31 Å². The second kappa shape index (κ2) is 6.74. The van der Waals surface area contributed by atoms with Crippen LogP contribution in [-0.2, 0) is 23.0 Å². The molecule has 3 aromatic rings. The molecule has 3 aromatic carbocycles. The van der Waals surface area contributed by atoms with Crippen molar-refractivity contribution in [3.05, 3.63) is 77.9 Å². The molecule has 4 rings (SSSR count). The quantitative estimate of drug-likeness (QED) is 0.664. The zero-order valence-electron chi connectivity index (χ0n) is 15.3. The Morgan fingerprint density at radius 1 is 0.889 bits per heavy atom. The molecule has 138 valence electrons. The fourth-order valence-corrected chi connectivity index (χ4v) is 5.19. The third-order valence-electron chi connectivity index (χ3n) is 4.96. The maximum atomic E-state index is 13.5. The van der Waals surface area contributed by atoms with Gasteiger partial charge in [0.05, 0.1) is 24.2 Å². The molecule has 1 heterocycles. The summed E-state index contributed by atoms with van der Waals surface area (Å²) in [4.78, 5) is 0.371. The fourth-order valence-electron chi connectivity index (χ4n) is 3.46. The Balaban J connectivity index is 1.95. The zero-order valence-corrected chi connectivity index (χ0v) is 16.2. The third kappa shape index (κ3) is 2.98. The lowest BCUT2D eigenvalue weighted by Crippen LogP contribution is -2.34. The number of fused-ring (bicyclic) bond motifs is 3. The van der Waals surface area contributed by atoms with Gasteiger partial charge in [0.15, 0.2) is 0 Å². The minimum Gasteiger partial charge on any atom is -0.497 e. The number of nitrogens with zero attached hydrogens (tertiary/aromatic N) is 1. The highest BCUT2D eigenvalue weighted by molar-refractivity contribution is 7.93. The normalized spacial score (nSPS) is 14.4.